The summed E-state index contributed by atoms with van der Waals surface area (Å²) in [6.07, 6.45) is 3.26. The van der Waals surface area contributed by atoms with E-state index in [1.807, 2.05) is 72.8 Å². The average Bonchev–Trinajstić information content (AvgIpc) is 3.00. The number of benzene rings is 3. The summed E-state index contributed by atoms with van der Waals surface area (Å²) >= 11 is 0. The minimum absolute atomic E-state index is 0.177. The second-order valence-electron chi connectivity index (χ2n) is 6.75. The van der Waals surface area contributed by atoms with Gasteiger partial charge in [-0.25, -0.2) is 0 Å². The highest BCUT2D eigenvalue weighted by Crippen LogP contribution is 2.40. The number of hydrogen-bond donors (Lipinski definition) is 0. The maximum Gasteiger partial charge on any atom is 0.322 e. The van der Waals surface area contributed by atoms with Crippen LogP contribution in [0.15, 0.2) is 97.1 Å². The largest absolute Gasteiger partial charge is 0.426 e. The first kappa shape index (κ1) is 16.3. The zero-order valence-corrected chi connectivity index (χ0v) is 14.5. The molecule has 4 rings (SSSR count). The monoisotopic (exact) mass is 340 g/mol. The fraction of sp³-hybridized carbons (Fsp3) is 0.125. The van der Waals surface area contributed by atoms with Gasteiger partial charge in [-0.15, -0.1) is 0 Å². The molecule has 3 aromatic carbocycles. The van der Waals surface area contributed by atoms with Gasteiger partial charge in [0, 0.05) is 5.56 Å². The summed E-state index contributed by atoms with van der Waals surface area (Å²) in [5.41, 5.74) is 2.51. The Labute approximate surface area is 153 Å². The van der Waals surface area contributed by atoms with Crippen molar-refractivity contribution in [2.24, 2.45) is 5.41 Å². The molecule has 0 N–H and O–H groups in total. The fourth-order valence-electron chi connectivity index (χ4n) is 3.51. The molecule has 0 saturated carbocycles. The average molecular weight is 340 g/mol. The second-order valence-corrected chi connectivity index (χ2v) is 6.75. The van der Waals surface area contributed by atoms with E-state index in [2.05, 4.69) is 24.3 Å². The molecule has 0 fully saturated rings. The molecule has 1 heterocycles. The van der Waals surface area contributed by atoms with Crippen molar-refractivity contribution in [2.75, 3.05) is 0 Å². The summed E-state index contributed by atoms with van der Waals surface area (Å²) in [5.74, 6) is 0.478. The Morgan fingerprint density at radius 3 is 1.62 bits per heavy atom. The van der Waals surface area contributed by atoms with Crippen molar-refractivity contribution < 1.29 is 9.53 Å². The van der Waals surface area contributed by atoms with E-state index in [0.717, 1.165) is 16.7 Å². The number of rotatable bonds is 5. The first-order valence-corrected chi connectivity index (χ1v) is 8.84. The summed E-state index contributed by atoms with van der Waals surface area (Å²) in [5, 5.41) is 0. The zero-order chi connectivity index (χ0) is 17.8. The summed E-state index contributed by atoms with van der Waals surface area (Å²) in [4.78, 5) is 13.0. The maximum absolute atomic E-state index is 13.0. The van der Waals surface area contributed by atoms with Crippen molar-refractivity contribution >= 4 is 11.7 Å². The Morgan fingerprint density at radius 2 is 1.12 bits per heavy atom. The van der Waals surface area contributed by atoms with E-state index in [-0.39, 0.29) is 5.97 Å². The lowest BCUT2D eigenvalue weighted by Crippen LogP contribution is -2.31. The van der Waals surface area contributed by atoms with Gasteiger partial charge in [0.2, 0.25) is 0 Å². The molecule has 2 nitrogen and oxygen atoms in total. The molecule has 0 aliphatic carbocycles. The maximum atomic E-state index is 13.0. The van der Waals surface area contributed by atoms with Gasteiger partial charge >= 0.3 is 5.97 Å². The third-order valence-corrected chi connectivity index (χ3v) is 4.80. The van der Waals surface area contributed by atoms with Gasteiger partial charge in [-0.1, -0.05) is 91.0 Å². The number of carbonyl (C=O) groups is 1. The van der Waals surface area contributed by atoms with Crippen LogP contribution in [0.1, 0.15) is 16.7 Å². The molecule has 0 aromatic heterocycles. The van der Waals surface area contributed by atoms with Gasteiger partial charge < -0.3 is 4.74 Å². The molecule has 1 aliphatic heterocycles. The van der Waals surface area contributed by atoms with Gasteiger partial charge in [0.25, 0.3) is 0 Å². The van der Waals surface area contributed by atoms with Crippen molar-refractivity contribution in [3.63, 3.8) is 0 Å². The second kappa shape index (κ2) is 7.01. The molecule has 0 atom stereocenters. The topological polar surface area (TPSA) is 26.3 Å². The van der Waals surface area contributed by atoms with Gasteiger partial charge in [0.05, 0.1) is 5.41 Å². The van der Waals surface area contributed by atoms with Gasteiger partial charge in [0.15, 0.2) is 0 Å². The quantitative estimate of drug-likeness (QED) is 0.607. The van der Waals surface area contributed by atoms with Crippen LogP contribution in [-0.4, -0.2) is 5.97 Å². The van der Waals surface area contributed by atoms with E-state index in [0.29, 0.717) is 18.6 Å². The van der Waals surface area contributed by atoms with Crippen LogP contribution in [0.2, 0.25) is 0 Å². The van der Waals surface area contributed by atoms with Crippen LogP contribution < -0.4 is 0 Å². The number of ether oxygens (including phenoxy) is 1. The molecule has 0 unspecified atom stereocenters. The van der Waals surface area contributed by atoms with Crippen LogP contribution in [0.25, 0.3) is 5.76 Å². The highest BCUT2D eigenvalue weighted by atomic mass is 16.5. The van der Waals surface area contributed by atoms with Crippen molar-refractivity contribution in [2.45, 2.75) is 12.8 Å². The van der Waals surface area contributed by atoms with Gasteiger partial charge in [0.1, 0.15) is 5.76 Å². The molecule has 2 heteroatoms. The Balaban J connectivity index is 1.75. The van der Waals surface area contributed by atoms with Crippen molar-refractivity contribution in [3.8, 4) is 0 Å². The highest BCUT2D eigenvalue weighted by Gasteiger charge is 2.44. The number of esters is 1. The van der Waals surface area contributed by atoms with Gasteiger partial charge in [-0.05, 0) is 30.0 Å². The number of carbonyl (C=O) groups excluding carboxylic acids is 1. The highest BCUT2D eigenvalue weighted by molar-refractivity contribution is 5.91. The summed E-state index contributed by atoms with van der Waals surface area (Å²) < 4.78 is 5.73. The summed E-state index contributed by atoms with van der Waals surface area (Å²) in [6, 6.07) is 30.1. The first-order valence-electron chi connectivity index (χ1n) is 8.84. The molecule has 0 spiro atoms. The van der Waals surface area contributed by atoms with Crippen molar-refractivity contribution in [1.82, 2.24) is 0 Å². The fourth-order valence-corrected chi connectivity index (χ4v) is 3.51. The van der Waals surface area contributed by atoms with Gasteiger partial charge in [-0.3, -0.25) is 4.79 Å². The Kier molecular flexibility index (Phi) is 4.40. The lowest BCUT2D eigenvalue weighted by molar-refractivity contribution is -0.143. The van der Waals surface area contributed by atoms with Crippen molar-refractivity contribution in [3.05, 3.63) is 114 Å². The number of hydrogen-bond acceptors (Lipinski definition) is 2. The SMILES string of the molecule is O=C1OC(c2ccccc2)=CC1(Cc1ccccc1)Cc1ccccc1. The third kappa shape index (κ3) is 3.31. The molecular weight excluding hydrogens is 320 g/mol. The zero-order valence-electron chi connectivity index (χ0n) is 14.5. The van der Waals surface area contributed by atoms with E-state index in [1.165, 1.54) is 0 Å². The van der Waals surface area contributed by atoms with Crippen LogP contribution in [0, 0.1) is 5.41 Å². The minimum Gasteiger partial charge on any atom is -0.426 e. The third-order valence-electron chi connectivity index (χ3n) is 4.80. The molecule has 3 aromatic rings. The number of cyclic esters (lactones) is 1. The molecule has 0 bridgehead atoms. The Hall–Kier alpha value is -3.13. The minimum atomic E-state index is -0.687. The lowest BCUT2D eigenvalue weighted by Gasteiger charge is -2.23. The molecule has 128 valence electrons. The Bertz CT molecular complexity index is 871. The van der Waals surface area contributed by atoms with Gasteiger partial charge in [-0.2, -0.15) is 0 Å². The van der Waals surface area contributed by atoms with Crippen LogP contribution in [0.5, 0.6) is 0 Å². The smallest absolute Gasteiger partial charge is 0.322 e. The van der Waals surface area contributed by atoms with E-state index in [1.54, 1.807) is 0 Å². The molecule has 0 amide bonds. The molecule has 1 aliphatic rings. The van der Waals surface area contributed by atoms with Crippen LogP contribution in [0.4, 0.5) is 0 Å². The molecule has 26 heavy (non-hydrogen) atoms. The Morgan fingerprint density at radius 1 is 0.654 bits per heavy atom. The first-order chi connectivity index (χ1) is 12.8. The lowest BCUT2D eigenvalue weighted by atomic mass is 9.77. The molecule has 0 saturated heterocycles. The normalized spacial score (nSPS) is 15.4. The summed E-state index contributed by atoms with van der Waals surface area (Å²) in [6.45, 7) is 0. The van der Waals surface area contributed by atoms with Crippen LogP contribution in [0.3, 0.4) is 0 Å². The molecule has 0 radical (unpaired) electrons. The standard InChI is InChI=1S/C24H20O2/c25-23-24(16-19-10-4-1-5-11-19,17-20-12-6-2-7-13-20)18-22(26-23)21-14-8-3-9-15-21/h1-15,18H,16-17H2. The van der Waals surface area contributed by atoms with Crippen molar-refractivity contribution in [1.29, 1.82) is 0 Å². The van der Waals surface area contributed by atoms with E-state index >= 15 is 0 Å². The van der Waals surface area contributed by atoms with E-state index in [9.17, 15) is 4.79 Å². The van der Waals surface area contributed by atoms with Crippen LogP contribution in [-0.2, 0) is 22.4 Å². The van der Waals surface area contributed by atoms with E-state index < -0.39 is 5.41 Å². The molecular formula is C24H20O2. The predicted molar refractivity (Wildman–Crippen MR) is 103 cm³/mol. The van der Waals surface area contributed by atoms with E-state index in [4.69, 9.17) is 4.74 Å². The summed E-state index contributed by atoms with van der Waals surface area (Å²) in [7, 11) is 0. The van der Waals surface area contributed by atoms with Crippen LogP contribution >= 0.6 is 0 Å². The predicted octanol–water partition coefficient (Wildman–Crippen LogP) is 5.06.